The molecular weight excluding hydrogens is 472 g/mol. The lowest BCUT2D eigenvalue weighted by Crippen LogP contribution is -2.32. The summed E-state index contributed by atoms with van der Waals surface area (Å²) in [5.74, 6) is -1.66. The fourth-order valence-electron chi connectivity index (χ4n) is 4.13. The van der Waals surface area contributed by atoms with Crippen molar-refractivity contribution in [3.63, 3.8) is 0 Å². The second-order valence-electron chi connectivity index (χ2n) is 7.79. The molecule has 0 saturated carbocycles. The highest BCUT2D eigenvalue weighted by Crippen LogP contribution is 2.40. The van der Waals surface area contributed by atoms with Crippen molar-refractivity contribution in [2.75, 3.05) is 14.2 Å². The predicted octanol–water partition coefficient (Wildman–Crippen LogP) is 5.71. The summed E-state index contributed by atoms with van der Waals surface area (Å²) in [4.78, 5) is 30.3. The molecule has 0 unspecified atom stereocenters. The Morgan fingerprint density at radius 1 is 0.941 bits per heavy atom. The minimum atomic E-state index is -0.645. The molecule has 0 amide bonds. The Bertz CT molecular complexity index is 1300. The van der Waals surface area contributed by atoms with Gasteiger partial charge in [0.15, 0.2) is 0 Å². The number of carbonyl (C=O) groups excluding carboxylic acids is 2. The van der Waals surface area contributed by atoms with Gasteiger partial charge in [-0.1, -0.05) is 41.9 Å². The molecule has 0 saturated heterocycles. The number of dihydropyridines is 1. The minimum absolute atomic E-state index is 0.365. The topological polar surface area (TPSA) is 77.5 Å². The summed E-state index contributed by atoms with van der Waals surface area (Å²) in [6.45, 7) is 3.58. The second-order valence-corrected chi connectivity index (χ2v) is 9.09. The molecule has 174 valence electrons. The Balaban J connectivity index is 1.80. The van der Waals surface area contributed by atoms with E-state index in [4.69, 9.17) is 26.1 Å². The number of halogens is 1. The summed E-state index contributed by atoms with van der Waals surface area (Å²) >= 11 is 7.65. The van der Waals surface area contributed by atoms with Crippen LogP contribution < -0.4 is 5.32 Å². The average Bonchev–Trinajstić information content (AvgIpc) is 3.33. The van der Waals surface area contributed by atoms with Crippen LogP contribution in [0.3, 0.4) is 0 Å². The van der Waals surface area contributed by atoms with Crippen LogP contribution in [0.2, 0.25) is 5.02 Å². The van der Waals surface area contributed by atoms with Crippen molar-refractivity contribution >= 4 is 34.9 Å². The van der Waals surface area contributed by atoms with Crippen molar-refractivity contribution in [3.8, 4) is 21.8 Å². The van der Waals surface area contributed by atoms with Crippen LogP contribution >= 0.6 is 22.9 Å². The van der Waals surface area contributed by atoms with Crippen molar-refractivity contribution in [1.29, 1.82) is 0 Å². The van der Waals surface area contributed by atoms with Crippen molar-refractivity contribution in [2.45, 2.75) is 19.8 Å². The third-order valence-corrected chi connectivity index (χ3v) is 6.79. The Kier molecular flexibility index (Phi) is 6.86. The maximum atomic E-state index is 12.8. The molecule has 0 radical (unpaired) electrons. The molecule has 0 aliphatic carbocycles. The number of nitrogens with one attached hydrogen (secondary N) is 1. The Labute approximate surface area is 206 Å². The second kappa shape index (κ2) is 9.83. The van der Waals surface area contributed by atoms with Gasteiger partial charge in [0, 0.05) is 32.9 Å². The molecule has 0 atom stereocenters. The first-order valence-corrected chi connectivity index (χ1v) is 11.8. The quantitative estimate of drug-likeness (QED) is 0.458. The van der Waals surface area contributed by atoms with Gasteiger partial charge in [-0.15, -0.1) is 11.3 Å². The van der Waals surface area contributed by atoms with Crippen LogP contribution in [-0.2, 0) is 19.1 Å². The van der Waals surface area contributed by atoms with Gasteiger partial charge in [-0.2, -0.15) is 0 Å². The lowest BCUT2D eigenvalue weighted by atomic mass is 9.80. The normalized spacial score (nSPS) is 14.1. The number of thiazole rings is 1. The van der Waals surface area contributed by atoms with E-state index in [1.807, 2.05) is 53.9 Å². The highest BCUT2D eigenvalue weighted by Gasteiger charge is 2.37. The Hall–Kier alpha value is -3.42. The predicted molar refractivity (Wildman–Crippen MR) is 133 cm³/mol. The summed E-state index contributed by atoms with van der Waals surface area (Å²) in [6.07, 6.45) is 0. The SMILES string of the molecule is COC(=O)C1=C(C)NC(C)=C(C(=O)OC)C1c1cccc(-c2nc(-c3cccc(Cl)c3)cs2)c1. The molecule has 3 aromatic rings. The van der Waals surface area contributed by atoms with Gasteiger partial charge in [0.2, 0.25) is 0 Å². The number of aromatic nitrogens is 1. The van der Waals surface area contributed by atoms with Crippen molar-refractivity contribution < 1.29 is 19.1 Å². The molecule has 8 heteroatoms. The van der Waals surface area contributed by atoms with Gasteiger partial charge < -0.3 is 14.8 Å². The van der Waals surface area contributed by atoms with Crippen molar-refractivity contribution in [3.05, 3.63) is 87.0 Å². The standard InChI is InChI=1S/C26H23ClN2O4S/c1-14-21(25(30)32-3)23(22(15(2)28-14)26(31)33-4)17-8-5-9-18(11-17)24-29-20(13-34-24)16-7-6-10-19(27)12-16/h5-13,23,28H,1-4H3. The fourth-order valence-corrected chi connectivity index (χ4v) is 5.14. The molecule has 0 fully saturated rings. The zero-order chi connectivity index (χ0) is 24.4. The number of hydrogen-bond donors (Lipinski definition) is 1. The molecule has 1 N–H and O–H groups in total. The summed E-state index contributed by atoms with van der Waals surface area (Å²) in [5, 5.41) is 6.56. The van der Waals surface area contributed by atoms with E-state index in [0.29, 0.717) is 27.6 Å². The van der Waals surface area contributed by atoms with Gasteiger partial charge in [0.25, 0.3) is 0 Å². The molecule has 0 bridgehead atoms. The molecule has 4 rings (SSSR count). The van der Waals surface area contributed by atoms with E-state index in [9.17, 15) is 9.59 Å². The highest BCUT2D eigenvalue weighted by molar-refractivity contribution is 7.13. The number of nitrogens with zero attached hydrogens (tertiary/aromatic N) is 1. The number of esters is 2. The third-order valence-electron chi connectivity index (χ3n) is 5.66. The number of hydrogen-bond acceptors (Lipinski definition) is 7. The van der Waals surface area contributed by atoms with Crippen LogP contribution in [0.5, 0.6) is 0 Å². The maximum Gasteiger partial charge on any atom is 0.336 e. The molecule has 1 aromatic heterocycles. The van der Waals surface area contributed by atoms with Gasteiger partial charge >= 0.3 is 11.9 Å². The number of carbonyl (C=O) groups is 2. The van der Waals surface area contributed by atoms with Gasteiger partial charge in [-0.05, 0) is 37.6 Å². The van der Waals surface area contributed by atoms with Crippen LogP contribution in [0.25, 0.3) is 21.8 Å². The van der Waals surface area contributed by atoms with E-state index >= 15 is 0 Å². The van der Waals surface area contributed by atoms with E-state index < -0.39 is 17.9 Å². The molecule has 0 spiro atoms. The van der Waals surface area contributed by atoms with Crippen LogP contribution in [0.1, 0.15) is 25.3 Å². The number of allylic oxidation sites excluding steroid dienone is 2. The molecule has 2 aromatic carbocycles. The Morgan fingerprint density at radius 2 is 1.56 bits per heavy atom. The zero-order valence-corrected chi connectivity index (χ0v) is 20.7. The van der Waals surface area contributed by atoms with E-state index in [-0.39, 0.29) is 0 Å². The largest absolute Gasteiger partial charge is 0.466 e. The molecule has 6 nitrogen and oxygen atoms in total. The van der Waals surface area contributed by atoms with Gasteiger partial charge in [0.05, 0.1) is 37.0 Å². The smallest absolute Gasteiger partial charge is 0.336 e. The average molecular weight is 495 g/mol. The summed E-state index contributed by atoms with van der Waals surface area (Å²) in [5.41, 5.74) is 5.38. The fraction of sp³-hybridized carbons (Fsp3) is 0.192. The van der Waals surface area contributed by atoms with E-state index in [2.05, 4.69) is 5.32 Å². The summed E-state index contributed by atoms with van der Waals surface area (Å²) < 4.78 is 10.1. The van der Waals surface area contributed by atoms with Crippen molar-refractivity contribution in [2.24, 2.45) is 0 Å². The molecular formula is C26H23ClN2O4S. The van der Waals surface area contributed by atoms with Crippen LogP contribution in [0.4, 0.5) is 0 Å². The van der Waals surface area contributed by atoms with Gasteiger partial charge in [-0.25, -0.2) is 14.6 Å². The minimum Gasteiger partial charge on any atom is -0.466 e. The molecule has 2 heterocycles. The lowest BCUT2D eigenvalue weighted by Gasteiger charge is -2.30. The molecule has 1 aliphatic rings. The van der Waals surface area contributed by atoms with Gasteiger partial charge in [0.1, 0.15) is 5.01 Å². The first-order valence-electron chi connectivity index (χ1n) is 10.5. The first kappa shape index (κ1) is 23.7. The van der Waals surface area contributed by atoms with E-state index in [1.54, 1.807) is 13.8 Å². The molecule has 34 heavy (non-hydrogen) atoms. The van der Waals surface area contributed by atoms with Crippen LogP contribution in [-0.4, -0.2) is 31.1 Å². The molecule has 1 aliphatic heterocycles. The van der Waals surface area contributed by atoms with Crippen molar-refractivity contribution in [1.82, 2.24) is 10.3 Å². The van der Waals surface area contributed by atoms with Crippen LogP contribution in [0, 0.1) is 0 Å². The van der Waals surface area contributed by atoms with Crippen LogP contribution in [0.15, 0.2) is 76.5 Å². The monoisotopic (exact) mass is 494 g/mol. The number of methoxy groups -OCH3 is 2. The number of ether oxygens (including phenoxy) is 2. The maximum absolute atomic E-state index is 12.8. The highest BCUT2D eigenvalue weighted by atomic mass is 35.5. The summed E-state index contributed by atoms with van der Waals surface area (Å²) in [7, 11) is 2.65. The number of benzene rings is 2. The summed E-state index contributed by atoms with van der Waals surface area (Å²) in [6, 6.07) is 15.2. The lowest BCUT2D eigenvalue weighted by molar-refractivity contribution is -0.137. The van der Waals surface area contributed by atoms with Gasteiger partial charge in [-0.3, -0.25) is 0 Å². The first-order chi connectivity index (χ1) is 16.3. The zero-order valence-electron chi connectivity index (χ0n) is 19.1. The number of rotatable bonds is 5. The Morgan fingerprint density at radius 3 is 2.18 bits per heavy atom. The van der Waals surface area contributed by atoms with E-state index in [1.165, 1.54) is 25.6 Å². The third kappa shape index (κ3) is 4.49. The van der Waals surface area contributed by atoms with E-state index in [0.717, 1.165) is 27.4 Å².